The molecule has 0 fully saturated rings. The highest BCUT2D eigenvalue weighted by Gasteiger charge is 2.26. The van der Waals surface area contributed by atoms with Gasteiger partial charge in [0.15, 0.2) is 0 Å². The number of rotatable bonds is 3. The molecular weight excluding hydrogens is 586 g/mol. The van der Waals surface area contributed by atoms with Crippen LogP contribution in [-0.4, -0.2) is 9.55 Å². The molecule has 5 rings (SSSR count). The van der Waals surface area contributed by atoms with Crippen molar-refractivity contribution in [3.05, 3.63) is 103 Å². The first kappa shape index (κ1) is 20.4. The normalized spacial score (nSPS) is 11.2. The van der Waals surface area contributed by atoms with Gasteiger partial charge < -0.3 is 9.88 Å². The molecule has 1 aliphatic heterocycles. The third-order valence-electron chi connectivity index (χ3n) is 4.99. The number of hydrogen-bond acceptors (Lipinski definition) is 3. The molecule has 0 bridgehead atoms. The number of fused-ring (bicyclic) bond motifs is 2. The molecule has 152 valence electrons. The van der Waals surface area contributed by atoms with Gasteiger partial charge >= 0.3 is 0 Å². The highest BCUT2D eigenvalue weighted by atomic mass is 79.9. The van der Waals surface area contributed by atoms with Crippen LogP contribution in [0.25, 0.3) is 28.1 Å². The molecule has 7 heteroatoms. The average molecular weight is 600 g/mol. The third kappa shape index (κ3) is 3.60. The predicted octanol–water partition coefficient (Wildman–Crippen LogP) is 7.52. The van der Waals surface area contributed by atoms with Crippen LogP contribution in [0.3, 0.4) is 0 Å². The number of nitrogens with one attached hydrogen (secondary N) is 1. The molecule has 0 amide bonds. The summed E-state index contributed by atoms with van der Waals surface area (Å²) in [6.45, 7) is 0. The summed E-state index contributed by atoms with van der Waals surface area (Å²) < 4.78 is 4.11. The maximum absolute atomic E-state index is 13.4. The standard InChI is InChI=1S/C24H14Br3N3O/c25-14-10-12-15(13-11-14)28-22-19(26)21-23(20(27)24(22)31)30(16-6-2-1-3-7-16)18-9-5-4-8-17(18)29-21/h1-13,28H. The number of anilines is 2. The number of para-hydroxylation sites is 3. The van der Waals surface area contributed by atoms with Crippen LogP contribution in [0.1, 0.15) is 0 Å². The van der Waals surface area contributed by atoms with Crippen LogP contribution in [0.4, 0.5) is 11.4 Å². The molecule has 1 N–H and O–H groups in total. The van der Waals surface area contributed by atoms with E-state index in [1.54, 1.807) is 0 Å². The van der Waals surface area contributed by atoms with E-state index in [2.05, 4.69) is 57.7 Å². The number of nitrogens with zero attached hydrogens (tertiary/aromatic N) is 2. The maximum Gasteiger partial charge on any atom is 0.219 e. The van der Waals surface area contributed by atoms with Crippen LogP contribution in [0, 0.1) is 0 Å². The molecule has 0 radical (unpaired) electrons. The number of aromatic nitrogens is 2. The lowest BCUT2D eigenvalue weighted by molar-refractivity contribution is 1.07. The van der Waals surface area contributed by atoms with Crippen LogP contribution in [0.2, 0.25) is 0 Å². The van der Waals surface area contributed by atoms with Gasteiger partial charge in [-0.25, -0.2) is 4.98 Å². The number of halogens is 3. The van der Waals surface area contributed by atoms with Gasteiger partial charge in [0.25, 0.3) is 0 Å². The summed E-state index contributed by atoms with van der Waals surface area (Å²) in [5.74, 6) is 0. The summed E-state index contributed by atoms with van der Waals surface area (Å²) in [6, 6.07) is 25.5. The lowest BCUT2D eigenvalue weighted by atomic mass is 10.1. The van der Waals surface area contributed by atoms with E-state index >= 15 is 0 Å². The molecule has 0 saturated carbocycles. The molecule has 1 aliphatic carbocycles. The SMILES string of the molecule is O=c1c(Br)c2n(-c3ccccc3)c3ccccc3nc-2c(Br)c1Nc1ccc(Br)cc1. The molecule has 0 unspecified atom stereocenters. The largest absolute Gasteiger partial charge is 0.351 e. The average Bonchev–Trinajstić information content (AvgIpc) is 2.81. The first-order valence-electron chi connectivity index (χ1n) is 9.45. The Balaban J connectivity index is 1.85. The monoisotopic (exact) mass is 597 g/mol. The Morgan fingerprint density at radius 3 is 2.19 bits per heavy atom. The molecule has 3 aromatic rings. The van der Waals surface area contributed by atoms with Crippen LogP contribution < -0.4 is 10.7 Å². The van der Waals surface area contributed by atoms with Crippen LogP contribution in [-0.2, 0) is 0 Å². The topological polar surface area (TPSA) is 46.9 Å². The van der Waals surface area contributed by atoms with E-state index in [4.69, 9.17) is 4.98 Å². The minimum absolute atomic E-state index is 0.149. The van der Waals surface area contributed by atoms with Gasteiger partial charge in [0.2, 0.25) is 5.43 Å². The molecule has 1 heterocycles. The van der Waals surface area contributed by atoms with E-state index in [0.29, 0.717) is 26.0 Å². The number of benzene rings is 4. The Labute approximate surface area is 203 Å². The van der Waals surface area contributed by atoms with Crippen LogP contribution >= 0.6 is 47.8 Å². The van der Waals surface area contributed by atoms with Crippen molar-refractivity contribution in [2.24, 2.45) is 0 Å². The van der Waals surface area contributed by atoms with E-state index in [0.717, 1.165) is 26.9 Å². The minimum Gasteiger partial charge on any atom is -0.351 e. The van der Waals surface area contributed by atoms with E-state index in [-0.39, 0.29) is 5.43 Å². The minimum atomic E-state index is -0.149. The molecule has 2 aliphatic rings. The van der Waals surface area contributed by atoms with Gasteiger partial charge in [-0.2, -0.15) is 0 Å². The Morgan fingerprint density at radius 2 is 1.45 bits per heavy atom. The maximum atomic E-state index is 13.4. The highest BCUT2D eigenvalue weighted by molar-refractivity contribution is 9.11. The van der Waals surface area contributed by atoms with E-state index in [1.165, 1.54) is 0 Å². The Morgan fingerprint density at radius 1 is 0.774 bits per heavy atom. The number of hydrogen-bond donors (Lipinski definition) is 1. The van der Waals surface area contributed by atoms with E-state index < -0.39 is 0 Å². The van der Waals surface area contributed by atoms with Gasteiger partial charge in [0, 0.05) is 15.8 Å². The van der Waals surface area contributed by atoms with Gasteiger partial charge in [-0.05, 0) is 80.4 Å². The van der Waals surface area contributed by atoms with Gasteiger partial charge in [-0.1, -0.05) is 46.3 Å². The van der Waals surface area contributed by atoms with E-state index in [1.807, 2.05) is 78.9 Å². The van der Waals surface area contributed by atoms with E-state index in [9.17, 15) is 4.79 Å². The second-order valence-electron chi connectivity index (χ2n) is 6.93. The fourth-order valence-electron chi connectivity index (χ4n) is 3.57. The fourth-order valence-corrected chi connectivity index (χ4v) is 4.96. The van der Waals surface area contributed by atoms with Gasteiger partial charge in [-0.15, -0.1) is 0 Å². The van der Waals surface area contributed by atoms with Crippen molar-refractivity contribution in [3.8, 4) is 17.1 Å². The molecular formula is C24H14Br3N3O. The van der Waals surface area contributed by atoms with Crippen molar-refractivity contribution in [3.63, 3.8) is 0 Å². The molecule has 0 spiro atoms. The zero-order chi connectivity index (χ0) is 21.5. The summed E-state index contributed by atoms with van der Waals surface area (Å²) in [7, 11) is 0. The second kappa shape index (κ2) is 8.22. The smallest absolute Gasteiger partial charge is 0.219 e. The molecule has 31 heavy (non-hydrogen) atoms. The lowest BCUT2D eigenvalue weighted by Gasteiger charge is -2.22. The first-order valence-corrected chi connectivity index (χ1v) is 11.8. The summed E-state index contributed by atoms with van der Waals surface area (Å²) in [6.07, 6.45) is 0. The van der Waals surface area contributed by atoms with Crippen LogP contribution in [0.15, 0.2) is 97.1 Å². The summed E-state index contributed by atoms with van der Waals surface area (Å²) in [4.78, 5) is 18.3. The van der Waals surface area contributed by atoms with Crippen molar-refractivity contribution in [1.82, 2.24) is 9.55 Å². The zero-order valence-corrected chi connectivity index (χ0v) is 20.7. The molecule has 0 atom stereocenters. The first-order chi connectivity index (χ1) is 15.0. The predicted molar refractivity (Wildman–Crippen MR) is 137 cm³/mol. The Bertz CT molecular complexity index is 1450. The summed E-state index contributed by atoms with van der Waals surface area (Å²) in [5.41, 5.74) is 5.20. The van der Waals surface area contributed by atoms with Gasteiger partial charge in [0.1, 0.15) is 11.4 Å². The molecule has 4 nitrogen and oxygen atoms in total. The van der Waals surface area contributed by atoms with Gasteiger partial charge in [0.05, 0.1) is 25.7 Å². The zero-order valence-electron chi connectivity index (χ0n) is 15.9. The second-order valence-corrected chi connectivity index (χ2v) is 9.43. The third-order valence-corrected chi connectivity index (χ3v) is 7.03. The summed E-state index contributed by atoms with van der Waals surface area (Å²) >= 11 is 10.7. The fraction of sp³-hybridized carbons (Fsp3) is 0. The Hall–Kier alpha value is -2.48. The van der Waals surface area contributed by atoms with Crippen molar-refractivity contribution >= 4 is 70.2 Å². The highest BCUT2D eigenvalue weighted by Crippen LogP contribution is 2.41. The molecule has 0 aromatic heterocycles. The van der Waals surface area contributed by atoms with Gasteiger partial charge in [-0.3, -0.25) is 4.79 Å². The molecule has 0 saturated heterocycles. The van der Waals surface area contributed by atoms with Crippen molar-refractivity contribution in [2.75, 3.05) is 5.32 Å². The van der Waals surface area contributed by atoms with Crippen molar-refractivity contribution < 1.29 is 0 Å². The van der Waals surface area contributed by atoms with Crippen molar-refractivity contribution in [1.29, 1.82) is 0 Å². The van der Waals surface area contributed by atoms with Crippen LogP contribution in [0.5, 0.6) is 0 Å². The quantitative estimate of drug-likeness (QED) is 0.218. The summed E-state index contributed by atoms with van der Waals surface area (Å²) in [5, 5.41) is 3.25. The lowest BCUT2D eigenvalue weighted by Crippen LogP contribution is -2.17. The Kier molecular flexibility index (Phi) is 5.42. The molecule has 3 aromatic carbocycles. The van der Waals surface area contributed by atoms with Crippen molar-refractivity contribution in [2.45, 2.75) is 0 Å².